The van der Waals surface area contributed by atoms with Gasteiger partial charge in [0.1, 0.15) is 0 Å². The fourth-order valence-corrected chi connectivity index (χ4v) is 3.75. The number of urea groups is 1. The molecule has 4 N–H and O–H groups in total. The zero-order valence-corrected chi connectivity index (χ0v) is 17.1. The molecule has 9 heteroatoms. The van der Waals surface area contributed by atoms with E-state index >= 15 is 0 Å². The number of nitrogens with one attached hydrogen (secondary N) is 3. The molecule has 0 aliphatic carbocycles. The lowest BCUT2D eigenvalue weighted by Gasteiger charge is -2.13. The molecule has 0 unspecified atom stereocenters. The summed E-state index contributed by atoms with van der Waals surface area (Å²) in [6, 6.07) is 12.1. The molecule has 2 aromatic carbocycles. The van der Waals surface area contributed by atoms with Gasteiger partial charge in [-0.15, -0.1) is 0 Å². The number of anilines is 2. The van der Waals surface area contributed by atoms with E-state index in [0.717, 1.165) is 12.0 Å². The number of carbonyl (C=O) groups is 2. The number of carboxylic acid groups (broad SMARTS) is 1. The van der Waals surface area contributed by atoms with E-state index in [1.807, 2.05) is 6.92 Å². The van der Waals surface area contributed by atoms with Crippen LogP contribution in [0.4, 0.5) is 16.2 Å². The molecule has 0 aliphatic heterocycles. The van der Waals surface area contributed by atoms with Gasteiger partial charge in [0, 0.05) is 17.9 Å². The molecule has 2 aromatic rings. The van der Waals surface area contributed by atoms with Gasteiger partial charge in [0.2, 0.25) is 0 Å². The molecule has 0 saturated heterocycles. The summed E-state index contributed by atoms with van der Waals surface area (Å²) in [7, 11) is -3.89. The van der Waals surface area contributed by atoms with Crippen molar-refractivity contribution in [3.8, 4) is 0 Å². The SMILES string of the molecule is CCCNC(=O)Nc1cccc(S(=O)(=O)Nc2cccc([C@H](C)CC(=O)O)c2)c1. The van der Waals surface area contributed by atoms with Gasteiger partial charge in [-0.2, -0.15) is 0 Å². The zero-order chi connectivity index (χ0) is 21.4. The van der Waals surface area contributed by atoms with Crippen LogP contribution in [0.2, 0.25) is 0 Å². The molecule has 156 valence electrons. The maximum atomic E-state index is 12.7. The zero-order valence-electron chi connectivity index (χ0n) is 16.3. The molecule has 0 aliphatic rings. The Morgan fingerprint density at radius 1 is 1.07 bits per heavy atom. The number of hydrogen-bond acceptors (Lipinski definition) is 4. The van der Waals surface area contributed by atoms with Crippen LogP contribution in [-0.2, 0) is 14.8 Å². The predicted octanol–water partition coefficient (Wildman–Crippen LogP) is 3.60. The first kappa shape index (κ1) is 22.2. The van der Waals surface area contributed by atoms with E-state index in [4.69, 9.17) is 5.11 Å². The van der Waals surface area contributed by atoms with E-state index in [9.17, 15) is 18.0 Å². The third-order valence-electron chi connectivity index (χ3n) is 4.13. The molecule has 1 atom stereocenters. The number of hydrogen-bond donors (Lipinski definition) is 4. The number of rotatable bonds is 9. The molecule has 0 heterocycles. The van der Waals surface area contributed by atoms with Gasteiger partial charge in [-0.05, 0) is 48.2 Å². The maximum Gasteiger partial charge on any atom is 0.319 e. The second-order valence-electron chi connectivity index (χ2n) is 6.64. The summed E-state index contributed by atoms with van der Waals surface area (Å²) in [5, 5.41) is 14.2. The van der Waals surface area contributed by atoms with Crippen LogP contribution in [0.15, 0.2) is 53.4 Å². The van der Waals surface area contributed by atoms with Crippen LogP contribution in [0.1, 0.15) is 38.2 Å². The minimum atomic E-state index is -3.89. The molecule has 0 saturated carbocycles. The van der Waals surface area contributed by atoms with Gasteiger partial charge in [-0.25, -0.2) is 13.2 Å². The molecule has 0 fully saturated rings. The Balaban J connectivity index is 2.16. The van der Waals surface area contributed by atoms with E-state index in [-0.39, 0.29) is 17.2 Å². The summed E-state index contributed by atoms with van der Waals surface area (Å²) in [6.07, 6.45) is 0.736. The van der Waals surface area contributed by atoms with Crippen LogP contribution in [0.5, 0.6) is 0 Å². The summed E-state index contributed by atoms with van der Waals surface area (Å²) < 4.78 is 28.0. The van der Waals surface area contributed by atoms with E-state index in [2.05, 4.69) is 15.4 Å². The number of benzene rings is 2. The minimum absolute atomic E-state index is 0.00483. The van der Waals surface area contributed by atoms with E-state index in [1.54, 1.807) is 37.3 Å². The first-order valence-electron chi connectivity index (χ1n) is 9.20. The van der Waals surface area contributed by atoms with Crippen molar-refractivity contribution < 1.29 is 23.1 Å². The molecule has 0 aromatic heterocycles. The maximum absolute atomic E-state index is 12.7. The smallest absolute Gasteiger partial charge is 0.319 e. The fourth-order valence-electron chi connectivity index (χ4n) is 2.66. The summed E-state index contributed by atoms with van der Waals surface area (Å²) in [4.78, 5) is 22.7. The van der Waals surface area contributed by atoms with Crippen molar-refractivity contribution in [2.75, 3.05) is 16.6 Å². The molecule has 0 bridgehead atoms. The van der Waals surface area contributed by atoms with Crippen LogP contribution in [0.25, 0.3) is 0 Å². The largest absolute Gasteiger partial charge is 0.481 e. The molecule has 8 nitrogen and oxygen atoms in total. The summed E-state index contributed by atoms with van der Waals surface area (Å²) in [6.45, 7) is 4.21. The normalized spacial score (nSPS) is 12.1. The highest BCUT2D eigenvalue weighted by atomic mass is 32.2. The van der Waals surface area contributed by atoms with E-state index in [1.165, 1.54) is 18.2 Å². The van der Waals surface area contributed by atoms with E-state index < -0.39 is 22.0 Å². The summed E-state index contributed by atoms with van der Waals surface area (Å²) in [5.74, 6) is -1.18. The van der Waals surface area contributed by atoms with Gasteiger partial charge in [0.15, 0.2) is 0 Å². The Kier molecular flexibility index (Phi) is 7.60. The second-order valence-corrected chi connectivity index (χ2v) is 8.32. The number of aliphatic carboxylic acids is 1. The van der Waals surface area contributed by atoms with Gasteiger partial charge in [0.05, 0.1) is 11.3 Å². The molecular weight excluding hydrogens is 394 g/mol. The summed E-state index contributed by atoms with van der Waals surface area (Å²) >= 11 is 0. The second kappa shape index (κ2) is 9.92. The average molecular weight is 420 g/mol. The highest BCUT2D eigenvalue weighted by molar-refractivity contribution is 7.92. The standard InChI is InChI=1S/C20H25N3O5S/c1-3-10-21-20(26)22-16-7-5-9-18(13-16)29(27,28)23-17-8-4-6-15(12-17)14(2)11-19(24)25/h4-9,12-14,23H,3,10-11H2,1-2H3,(H,24,25)(H2,21,22,26)/t14-/m1/s1. The van der Waals surface area contributed by atoms with Crippen LogP contribution < -0.4 is 15.4 Å². The molecule has 2 amide bonds. The molecule has 2 rings (SSSR count). The van der Waals surface area contributed by atoms with Gasteiger partial charge >= 0.3 is 12.0 Å². The highest BCUT2D eigenvalue weighted by Crippen LogP contribution is 2.24. The predicted molar refractivity (Wildman–Crippen MR) is 112 cm³/mol. The Hall–Kier alpha value is -3.07. The topological polar surface area (TPSA) is 125 Å². The average Bonchev–Trinajstić information content (AvgIpc) is 2.66. The highest BCUT2D eigenvalue weighted by Gasteiger charge is 2.17. The van der Waals surface area contributed by atoms with E-state index in [0.29, 0.717) is 17.9 Å². The van der Waals surface area contributed by atoms with Crippen molar-refractivity contribution >= 4 is 33.4 Å². The number of sulfonamides is 1. The van der Waals surface area contributed by atoms with Crippen LogP contribution in [0, 0.1) is 0 Å². The van der Waals surface area contributed by atoms with Gasteiger partial charge < -0.3 is 15.7 Å². The third kappa shape index (κ3) is 6.79. The van der Waals surface area contributed by atoms with Crippen LogP contribution in [0.3, 0.4) is 0 Å². The quantitative estimate of drug-likeness (QED) is 0.494. The van der Waals surface area contributed by atoms with Gasteiger partial charge in [-0.1, -0.05) is 32.0 Å². The number of carbonyl (C=O) groups excluding carboxylic acids is 1. The Morgan fingerprint density at radius 2 is 1.76 bits per heavy atom. The van der Waals surface area contributed by atoms with Crippen molar-refractivity contribution in [3.05, 3.63) is 54.1 Å². The number of carboxylic acids is 1. The van der Waals surface area contributed by atoms with Crippen LogP contribution in [-0.4, -0.2) is 32.1 Å². The Bertz CT molecular complexity index is 976. The van der Waals surface area contributed by atoms with Crippen molar-refractivity contribution in [3.63, 3.8) is 0 Å². The third-order valence-corrected chi connectivity index (χ3v) is 5.51. The minimum Gasteiger partial charge on any atom is -0.481 e. The van der Waals surface area contributed by atoms with Crippen molar-refractivity contribution in [2.24, 2.45) is 0 Å². The first-order chi connectivity index (χ1) is 13.7. The lowest BCUT2D eigenvalue weighted by atomic mass is 9.98. The summed E-state index contributed by atoms with van der Waals surface area (Å²) in [5.41, 5.74) is 1.40. The molecular formula is C20H25N3O5S. The molecule has 29 heavy (non-hydrogen) atoms. The van der Waals surface area contributed by atoms with Crippen molar-refractivity contribution in [1.29, 1.82) is 0 Å². The molecule has 0 spiro atoms. The van der Waals surface area contributed by atoms with Crippen molar-refractivity contribution in [1.82, 2.24) is 5.32 Å². The van der Waals surface area contributed by atoms with Gasteiger partial charge in [0.25, 0.3) is 10.0 Å². The lowest BCUT2D eigenvalue weighted by Crippen LogP contribution is -2.29. The lowest BCUT2D eigenvalue weighted by molar-refractivity contribution is -0.137. The van der Waals surface area contributed by atoms with Crippen LogP contribution >= 0.6 is 0 Å². The van der Waals surface area contributed by atoms with Crippen molar-refractivity contribution in [2.45, 2.75) is 37.5 Å². The Morgan fingerprint density at radius 3 is 2.45 bits per heavy atom. The first-order valence-corrected chi connectivity index (χ1v) is 10.7. The molecule has 0 radical (unpaired) electrons. The number of amides is 2. The Labute approximate surface area is 170 Å². The van der Waals surface area contributed by atoms with Gasteiger partial charge in [-0.3, -0.25) is 9.52 Å². The monoisotopic (exact) mass is 419 g/mol. The fraction of sp³-hybridized carbons (Fsp3) is 0.300.